The molecule has 17 heavy (non-hydrogen) atoms. The van der Waals surface area contributed by atoms with Gasteiger partial charge in [-0.15, -0.1) is 11.3 Å². The molecule has 0 saturated carbocycles. The second kappa shape index (κ2) is 5.49. The van der Waals surface area contributed by atoms with Gasteiger partial charge in [-0.05, 0) is 36.4 Å². The van der Waals surface area contributed by atoms with E-state index in [4.69, 9.17) is 16.3 Å². The van der Waals surface area contributed by atoms with Gasteiger partial charge < -0.3 is 9.84 Å². The summed E-state index contributed by atoms with van der Waals surface area (Å²) in [6, 6.07) is 9.13. The molecule has 0 aliphatic carbocycles. The molecule has 2 nitrogen and oxygen atoms in total. The number of rotatable bonds is 4. The molecule has 0 aliphatic heterocycles. The molecule has 0 aliphatic rings. The summed E-state index contributed by atoms with van der Waals surface area (Å²) in [4.78, 5) is 0.747. The smallest absolute Gasteiger partial charge is 0.123 e. The van der Waals surface area contributed by atoms with E-state index >= 15 is 0 Å². The summed E-state index contributed by atoms with van der Waals surface area (Å²) in [5.41, 5.74) is 0. The summed E-state index contributed by atoms with van der Waals surface area (Å²) >= 11 is 7.07. The molecule has 2 aromatic rings. The molecule has 1 heterocycles. The number of ether oxygens (including phenoxy) is 1. The minimum absolute atomic E-state index is 0.114. The first-order valence-corrected chi connectivity index (χ1v) is 6.16. The molecule has 1 N–H and O–H groups in total. The normalized spacial score (nSPS) is 12.4. The first-order chi connectivity index (χ1) is 8.15. The number of thiophene rings is 1. The molecule has 5 heteroatoms. The van der Waals surface area contributed by atoms with Crippen molar-refractivity contribution in [1.29, 1.82) is 0 Å². The van der Waals surface area contributed by atoms with Crippen molar-refractivity contribution in [3.63, 3.8) is 0 Å². The summed E-state index contributed by atoms with van der Waals surface area (Å²) in [5.74, 6) is 0.205. The van der Waals surface area contributed by atoms with Crippen LogP contribution in [0.4, 0.5) is 4.39 Å². The van der Waals surface area contributed by atoms with E-state index in [1.807, 2.05) is 0 Å². The number of halogens is 2. The molecule has 0 spiro atoms. The molecule has 0 saturated heterocycles. The molecular formula is C12H10ClFO2S. The third-order valence-corrected chi connectivity index (χ3v) is 3.48. The highest BCUT2D eigenvalue weighted by Gasteiger charge is 2.11. The molecule has 1 aromatic carbocycles. The third-order valence-electron chi connectivity index (χ3n) is 2.14. The van der Waals surface area contributed by atoms with Gasteiger partial charge >= 0.3 is 0 Å². The van der Waals surface area contributed by atoms with E-state index < -0.39 is 6.10 Å². The van der Waals surface area contributed by atoms with Crippen LogP contribution in [0.5, 0.6) is 5.75 Å². The van der Waals surface area contributed by atoms with Gasteiger partial charge in [0.2, 0.25) is 0 Å². The van der Waals surface area contributed by atoms with E-state index in [-0.39, 0.29) is 12.4 Å². The Labute approximate surface area is 107 Å². The molecule has 1 aromatic heterocycles. The van der Waals surface area contributed by atoms with Crippen LogP contribution in [0.15, 0.2) is 36.4 Å². The van der Waals surface area contributed by atoms with Crippen LogP contribution >= 0.6 is 22.9 Å². The second-order valence-corrected chi connectivity index (χ2v) is 5.17. The molecule has 0 fully saturated rings. The van der Waals surface area contributed by atoms with Crippen molar-refractivity contribution in [2.24, 2.45) is 0 Å². The van der Waals surface area contributed by atoms with Gasteiger partial charge in [0.1, 0.15) is 24.3 Å². The van der Waals surface area contributed by atoms with Gasteiger partial charge in [0.05, 0.1) is 4.34 Å². The highest BCUT2D eigenvalue weighted by molar-refractivity contribution is 7.16. The fraction of sp³-hybridized carbons (Fsp3) is 0.167. The summed E-state index contributed by atoms with van der Waals surface area (Å²) in [6.07, 6.45) is -0.724. The number of benzene rings is 1. The van der Waals surface area contributed by atoms with Crippen molar-refractivity contribution in [2.75, 3.05) is 6.61 Å². The lowest BCUT2D eigenvalue weighted by Crippen LogP contribution is -2.08. The van der Waals surface area contributed by atoms with Crippen LogP contribution < -0.4 is 4.74 Å². The van der Waals surface area contributed by atoms with Crippen molar-refractivity contribution in [3.05, 3.63) is 51.4 Å². The molecule has 1 unspecified atom stereocenters. The lowest BCUT2D eigenvalue weighted by molar-refractivity contribution is 0.111. The second-order valence-electron chi connectivity index (χ2n) is 3.42. The van der Waals surface area contributed by atoms with E-state index in [0.717, 1.165) is 4.88 Å². The Bertz CT molecular complexity index is 484. The number of aliphatic hydroxyl groups is 1. The van der Waals surface area contributed by atoms with Gasteiger partial charge in [0.15, 0.2) is 0 Å². The van der Waals surface area contributed by atoms with Gasteiger partial charge in [-0.25, -0.2) is 4.39 Å². The van der Waals surface area contributed by atoms with E-state index in [1.54, 1.807) is 12.1 Å². The standard InChI is InChI=1S/C12H10ClFO2S/c13-12-6-5-11(17-12)10(15)7-16-9-3-1-8(14)2-4-9/h1-6,10,15H,7H2. The number of hydrogen-bond donors (Lipinski definition) is 1. The summed E-state index contributed by atoms with van der Waals surface area (Å²) in [7, 11) is 0. The van der Waals surface area contributed by atoms with Gasteiger partial charge in [0, 0.05) is 4.88 Å². The van der Waals surface area contributed by atoms with Gasteiger partial charge in [-0.1, -0.05) is 11.6 Å². The van der Waals surface area contributed by atoms with Crippen molar-refractivity contribution >= 4 is 22.9 Å². The molecular weight excluding hydrogens is 263 g/mol. The minimum atomic E-state index is -0.724. The molecule has 2 rings (SSSR count). The molecule has 0 radical (unpaired) electrons. The van der Waals surface area contributed by atoms with Crippen molar-refractivity contribution in [2.45, 2.75) is 6.10 Å². The fourth-order valence-corrected chi connectivity index (χ4v) is 2.33. The zero-order valence-electron chi connectivity index (χ0n) is 8.77. The van der Waals surface area contributed by atoms with Crippen LogP contribution in [-0.4, -0.2) is 11.7 Å². The van der Waals surface area contributed by atoms with E-state index in [1.165, 1.54) is 35.6 Å². The Hall–Kier alpha value is -1.10. The molecule has 1 atom stereocenters. The van der Waals surface area contributed by atoms with Gasteiger partial charge in [-0.2, -0.15) is 0 Å². The lowest BCUT2D eigenvalue weighted by atomic mass is 10.3. The summed E-state index contributed by atoms with van der Waals surface area (Å²) < 4.78 is 18.6. The average Bonchev–Trinajstić information content (AvgIpc) is 2.75. The van der Waals surface area contributed by atoms with Crippen molar-refractivity contribution < 1.29 is 14.2 Å². The van der Waals surface area contributed by atoms with Crippen LogP contribution in [0.25, 0.3) is 0 Å². The van der Waals surface area contributed by atoms with Crippen LogP contribution in [-0.2, 0) is 0 Å². The van der Waals surface area contributed by atoms with Gasteiger partial charge in [-0.3, -0.25) is 0 Å². The van der Waals surface area contributed by atoms with Crippen molar-refractivity contribution in [1.82, 2.24) is 0 Å². The number of hydrogen-bond acceptors (Lipinski definition) is 3. The van der Waals surface area contributed by atoms with Crippen LogP contribution in [0.3, 0.4) is 0 Å². The largest absolute Gasteiger partial charge is 0.490 e. The highest BCUT2D eigenvalue weighted by Crippen LogP contribution is 2.27. The monoisotopic (exact) mass is 272 g/mol. The van der Waals surface area contributed by atoms with Crippen LogP contribution in [0, 0.1) is 5.82 Å². The maximum Gasteiger partial charge on any atom is 0.123 e. The van der Waals surface area contributed by atoms with E-state index in [9.17, 15) is 9.50 Å². The van der Waals surface area contributed by atoms with E-state index in [0.29, 0.717) is 10.1 Å². The Balaban J connectivity index is 1.92. The number of aliphatic hydroxyl groups excluding tert-OH is 1. The Morgan fingerprint density at radius 2 is 1.94 bits per heavy atom. The molecule has 90 valence electrons. The minimum Gasteiger partial charge on any atom is -0.490 e. The Morgan fingerprint density at radius 3 is 2.53 bits per heavy atom. The predicted octanol–water partition coefficient (Wildman–Crippen LogP) is 3.65. The lowest BCUT2D eigenvalue weighted by Gasteiger charge is -2.10. The zero-order valence-corrected chi connectivity index (χ0v) is 10.3. The fourth-order valence-electron chi connectivity index (χ4n) is 1.30. The third kappa shape index (κ3) is 3.43. The molecule has 0 amide bonds. The maximum absolute atomic E-state index is 12.6. The first-order valence-electron chi connectivity index (χ1n) is 4.97. The Morgan fingerprint density at radius 1 is 1.24 bits per heavy atom. The SMILES string of the molecule is OC(COc1ccc(F)cc1)c1ccc(Cl)s1. The summed E-state index contributed by atoms with van der Waals surface area (Å²) in [6.45, 7) is 0.114. The first kappa shape index (κ1) is 12.4. The van der Waals surface area contributed by atoms with Crippen LogP contribution in [0.2, 0.25) is 4.34 Å². The average molecular weight is 273 g/mol. The highest BCUT2D eigenvalue weighted by atomic mass is 35.5. The van der Waals surface area contributed by atoms with Crippen molar-refractivity contribution in [3.8, 4) is 5.75 Å². The molecule has 0 bridgehead atoms. The van der Waals surface area contributed by atoms with E-state index in [2.05, 4.69) is 0 Å². The summed E-state index contributed by atoms with van der Waals surface area (Å²) in [5, 5.41) is 9.80. The topological polar surface area (TPSA) is 29.5 Å². The maximum atomic E-state index is 12.6. The Kier molecular flexibility index (Phi) is 3.99. The van der Waals surface area contributed by atoms with Gasteiger partial charge in [0.25, 0.3) is 0 Å². The predicted molar refractivity (Wildman–Crippen MR) is 66.2 cm³/mol. The quantitative estimate of drug-likeness (QED) is 0.920. The van der Waals surface area contributed by atoms with Crippen LogP contribution in [0.1, 0.15) is 11.0 Å². The zero-order chi connectivity index (χ0) is 12.3.